The number of thiol groups is 1. The molecule has 2 amide bonds. The normalized spacial score (nSPS) is 7.00. The number of halogens is 1. The van der Waals surface area contributed by atoms with Crippen LogP contribution in [0.3, 0.4) is 0 Å². The summed E-state index contributed by atoms with van der Waals surface area (Å²) in [6.45, 7) is 0. The van der Waals surface area contributed by atoms with Gasteiger partial charge in [-0.3, -0.25) is 4.72 Å². The van der Waals surface area contributed by atoms with Gasteiger partial charge in [0.25, 0.3) is 0 Å². The van der Waals surface area contributed by atoms with Crippen LogP contribution in [0.1, 0.15) is 0 Å². The molecule has 0 aliphatic rings. The summed E-state index contributed by atoms with van der Waals surface area (Å²) in [4.78, 5) is 11.5. The highest BCUT2D eigenvalue weighted by molar-refractivity contribution is 7.78. The fourth-order valence-corrected chi connectivity index (χ4v) is 0.190. The highest BCUT2D eigenvalue weighted by atomic mass is 35.5. The summed E-state index contributed by atoms with van der Waals surface area (Å²) < 4.78 is 1.93. The van der Waals surface area contributed by atoms with Crippen molar-refractivity contribution in [2.45, 2.75) is 0 Å². The van der Waals surface area contributed by atoms with Gasteiger partial charge in [0.2, 0.25) is 0 Å². The van der Waals surface area contributed by atoms with Crippen LogP contribution >= 0.6 is 24.6 Å². The molecule has 0 radical (unpaired) electrons. The summed E-state index contributed by atoms with van der Waals surface area (Å²) in [6.07, 6.45) is 0. The second kappa shape index (κ2) is 3.11. The van der Waals surface area contributed by atoms with Crippen molar-refractivity contribution in [1.82, 2.24) is 9.56 Å². The molecule has 5 heteroatoms. The number of amides is 2. The zero-order valence-electron chi connectivity index (χ0n) is 2.73. The Hall–Kier alpha value is -0.0900. The molecule has 0 bridgehead atoms. The van der Waals surface area contributed by atoms with Crippen LogP contribution in [-0.2, 0) is 0 Å². The van der Waals surface area contributed by atoms with Crippen molar-refractivity contribution in [1.29, 1.82) is 0 Å². The topological polar surface area (TPSA) is 41.1 Å². The maximum absolute atomic E-state index is 9.75. The molecule has 0 aromatic rings. The third-order valence-corrected chi connectivity index (χ3v) is 0.562. The van der Waals surface area contributed by atoms with Gasteiger partial charge in [0, 0.05) is 11.8 Å². The predicted molar refractivity (Wildman–Crippen MR) is 26.5 cm³/mol. The largest absolute Gasteiger partial charge is 0.339 e. The van der Waals surface area contributed by atoms with Gasteiger partial charge in [0.1, 0.15) is 0 Å². The molecule has 0 saturated carbocycles. The van der Waals surface area contributed by atoms with E-state index in [1.54, 1.807) is 4.84 Å². The van der Waals surface area contributed by atoms with Crippen molar-refractivity contribution in [3.63, 3.8) is 0 Å². The lowest BCUT2D eigenvalue weighted by Crippen LogP contribution is -2.20. The second-order valence-electron chi connectivity index (χ2n) is 0.535. The van der Waals surface area contributed by atoms with Crippen LogP contribution in [0.15, 0.2) is 0 Å². The maximum Gasteiger partial charge on any atom is 0.339 e. The van der Waals surface area contributed by atoms with Gasteiger partial charge in [0.15, 0.2) is 0 Å². The highest BCUT2D eigenvalue weighted by Gasteiger charge is 1.85. The quantitative estimate of drug-likeness (QED) is 0.317. The molecule has 0 aliphatic heterocycles. The Bertz CT molecular complexity index is 51.5. The van der Waals surface area contributed by atoms with Crippen molar-refractivity contribution in [2.24, 2.45) is 0 Å². The van der Waals surface area contributed by atoms with Gasteiger partial charge in [-0.25, -0.2) is 9.63 Å². The number of hydrogen-bond acceptors (Lipinski definition) is 2. The molecule has 0 rings (SSSR count). The van der Waals surface area contributed by atoms with Crippen molar-refractivity contribution >= 4 is 30.6 Å². The minimum atomic E-state index is -0.528. The summed E-state index contributed by atoms with van der Waals surface area (Å²) in [5.74, 6) is 0. The van der Waals surface area contributed by atoms with E-state index in [4.69, 9.17) is 11.8 Å². The van der Waals surface area contributed by atoms with Crippen LogP contribution in [-0.4, -0.2) is 6.03 Å². The van der Waals surface area contributed by atoms with E-state index in [1.807, 2.05) is 4.72 Å². The molecule has 0 heterocycles. The number of rotatable bonds is 0. The van der Waals surface area contributed by atoms with Crippen molar-refractivity contribution in [3.8, 4) is 0 Å². The van der Waals surface area contributed by atoms with Gasteiger partial charge in [-0.15, -0.1) is 0 Å². The Morgan fingerprint density at radius 2 is 2.33 bits per heavy atom. The number of hydrogen-bond donors (Lipinski definition) is 3. The molecular formula is CH3ClN2OS. The molecule has 2 N–H and O–H groups in total. The molecule has 0 saturated heterocycles. The average Bonchev–Trinajstić information content (AvgIpc) is 1.65. The first-order chi connectivity index (χ1) is 2.81. The Kier molecular flexibility index (Phi) is 3.07. The molecule has 0 atom stereocenters. The average molecular weight is 127 g/mol. The number of carbonyl (C=O) groups is 1. The first-order valence-corrected chi connectivity index (χ1v) is 1.94. The summed E-state index contributed by atoms with van der Waals surface area (Å²) in [6, 6.07) is -0.528. The lowest BCUT2D eigenvalue weighted by atomic mass is 11.2. The molecule has 0 spiro atoms. The van der Waals surface area contributed by atoms with Crippen LogP contribution < -0.4 is 9.56 Å². The Labute approximate surface area is 45.7 Å². The highest BCUT2D eigenvalue weighted by Crippen LogP contribution is 1.65. The van der Waals surface area contributed by atoms with E-state index in [0.717, 1.165) is 0 Å². The Balaban J connectivity index is 2.99. The molecule has 3 nitrogen and oxygen atoms in total. The van der Waals surface area contributed by atoms with E-state index >= 15 is 0 Å². The van der Waals surface area contributed by atoms with E-state index in [0.29, 0.717) is 0 Å². The van der Waals surface area contributed by atoms with E-state index in [1.165, 1.54) is 0 Å². The van der Waals surface area contributed by atoms with Gasteiger partial charge >= 0.3 is 6.03 Å². The predicted octanol–water partition coefficient (Wildman–Crippen LogP) is 0.284. The number of carbonyl (C=O) groups excluding carboxylic acids is 1. The summed E-state index contributed by atoms with van der Waals surface area (Å²) in [5, 5.41) is 0. The second-order valence-corrected chi connectivity index (χ2v) is 0.948. The minimum Gasteiger partial charge on any atom is -0.284 e. The molecule has 36 valence electrons. The van der Waals surface area contributed by atoms with Crippen LogP contribution in [0.5, 0.6) is 0 Å². The van der Waals surface area contributed by atoms with E-state index in [2.05, 4.69) is 12.8 Å². The van der Waals surface area contributed by atoms with Crippen LogP contribution in [0, 0.1) is 0 Å². The van der Waals surface area contributed by atoms with Crippen LogP contribution in [0.4, 0.5) is 4.79 Å². The minimum absolute atomic E-state index is 0.528. The van der Waals surface area contributed by atoms with Crippen molar-refractivity contribution in [3.05, 3.63) is 0 Å². The van der Waals surface area contributed by atoms with E-state index in [9.17, 15) is 4.79 Å². The Morgan fingerprint density at radius 1 is 1.83 bits per heavy atom. The van der Waals surface area contributed by atoms with Crippen molar-refractivity contribution in [2.75, 3.05) is 0 Å². The SMILES string of the molecule is O=C(NS)NCl. The summed E-state index contributed by atoms with van der Waals surface area (Å²) in [7, 11) is 0. The van der Waals surface area contributed by atoms with Crippen LogP contribution in [0.2, 0.25) is 0 Å². The van der Waals surface area contributed by atoms with Gasteiger partial charge < -0.3 is 0 Å². The molecule has 0 aliphatic carbocycles. The zero-order valence-corrected chi connectivity index (χ0v) is 4.38. The number of urea groups is 1. The molecule has 0 fully saturated rings. The molecular weight excluding hydrogens is 124 g/mol. The molecule has 0 aromatic heterocycles. The maximum atomic E-state index is 9.75. The third-order valence-electron chi connectivity index (χ3n) is 0.187. The zero-order chi connectivity index (χ0) is 4.99. The number of nitrogens with one attached hydrogen (secondary N) is 2. The third kappa shape index (κ3) is 2.17. The molecule has 0 unspecified atom stereocenters. The molecule has 0 aromatic carbocycles. The van der Waals surface area contributed by atoms with Crippen LogP contribution in [0.25, 0.3) is 0 Å². The fourth-order valence-electron chi connectivity index (χ4n) is 0.0211. The Morgan fingerprint density at radius 3 is 2.33 bits per heavy atom. The van der Waals surface area contributed by atoms with E-state index in [-0.39, 0.29) is 0 Å². The summed E-state index contributed by atoms with van der Waals surface area (Å²) >= 11 is 8.09. The smallest absolute Gasteiger partial charge is 0.284 e. The van der Waals surface area contributed by atoms with Gasteiger partial charge in [0.05, 0.1) is 0 Å². The van der Waals surface area contributed by atoms with Gasteiger partial charge in [-0.05, 0) is 0 Å². The van der Waals surface area contributed by atoms with Gasteiger partial charge in [-0.2, -0.15) is 0 Å². The first kappa shape index (κ1) is 5.91. The van der Waals surface area contributed by atoms with Gasteiger partial charge in [-0.1, -0.05) is 12.8 Å². The van der Waals surface area contributed by atoms with E-state index < -0.39 is 6.03 Å². The summed E-state index contributed by atoms with van der Waals surface area (Å²) in [5.41, 5.74) is 0. The fraction of sp³-hybridized carbons (Fsp3) is 0. The monoisotopic (exact) mass is 126 g/mol. The van der Waals surface area contributed by atoms with Crippen molar-refractivity contribution < 1.29 is 4.79 Å². The molecule has 6 heavy (non-hydrogen) atoms. The first-order valence-electron chi connectivity index (χ1n) is 1.12. The lowest BCUT2D eigenvalue weighted by molar-refractivity contribution is 0.251. The lowest BCUT2D eigenvalue weighted by Gasteiger charge is -1.87. The standard InChI is InChI=1S/CH3ClN2OS/c2-3-1(5)4-6/h6H,(H2,3,4,5).